The molecule has 3 rings (SSSR count). The van der Waals surface area contributed by atoms with Gasteiger partial charge in [-0.25, -0.2) is 0 Å². The number of rotatable bonds is 6. The maximum absolute atomic E-state index is 3.58. The van der Waals surface area contributed by atoms with Crippen molar-refractivity contribution in [3.05, 3.63) is 45.4 Å². The van der Waals surface area contributed by atoms with Crippen molar-refractivity contribution in [3.63, 3.8) is 0 Å². The predicted molar refractivity (Wildman–Crippen MR) is 81.6 cm³/mol. The molecular weight excluding hydrogens is 252 g/mol. The van der Waals surface area contributed by atoms with Crippen LogP contribution in [0, 0.1) is 0 Å². The largest absolute Gasteiger partial charge is 0.350 e. The zero-order valence-electron chi connectivity index (χ0n) is 11.6. The zero-order valence-corrected chi connectivity index (χ0v) is 12.4. The molecule has 0 spiro atoms. The Kier molecular flexibility index (Phi) is 4.04. The Balaban J connectivity index is 1.53. The number of fused-ring (bicyclic) bond motifs is 1. The average Bonchev–Trinajstić information content (AvgIpc) is 3.06. The first-order valence-corrected chi connectivity index (χ1v) is 8.13. The van der Waals surface area contributed by atoms with Crippen LogP contribution in [0.3, 0.4) is 0 Å². The highest BCUT2D eigenvalue weighted by molar-refractivity contribution is 7.12. The summed E-state index contributed by atoms with van der Waals surface area (Å²) in [7, 11) is 0. The molecule has 0 aliphatic heterocycles. The fraction of sp³-hybridized carbons (Fsp3) is 0.500. The van der Waals surface area contributed by atoms with Gasteiger partial charge in [0.05, 0.1) is 0 Å². The van der Waals surface area contributed by atoms with Crippen LogP contribution in [0.15, 0.2) is 24.4 Å². The molecule has 2 aromatic heterocycles. The fourth-order valence-corrected chi connectivity index (χ4v) is 4.09. The van der Waals surface area contributed by atoms with Crippen LogP contribution < -0.4 is 5.32 Å². The molecule has 0 atom stereocenters. The van der Waals surface area contributed by atoms with E-state index in [-0.39, 0.29) is 0 Å². The van der Waals surface area contributed by atoms with Crippen molar-refractivity contribution in [3.8, 4) is 0 Å². The lowest BCUT2D eigenvalue weighted by molar-refractivity contribution is 0.604. The minimum atomic E-state index is 0.968. The molecule has 0 saturated heterocycles. The van der Waals surface area contributed by atoms with E-state index in [2.05, 4.69) is 41.2 Å². The number of hydrogen-bond acceptors (Lipinski definition) is 2. The standard InChI is InChI=1S/C16H22N2S/c1-2-8-18-9-4-6-14(18)11-17-12-15-10-13-5-3-7-16(13)19-15/h4,6,9-10,17H,2-3,5,7-8,11-12H2,1H3. The maximum atomic E-state index is 3.58. The molecule has 19 heavy (non-hydrogen) atoms. The monoisotopic (exact) mass is 274 g/mol. The molecule has 1 aliphatic rings. The van der Waals surface area contributed by atoms with Gasteiger partial charge >= 0.3 is 0 Å². The van der Waals surface area contributed by atoms with Crippen molar-refractivity contribution >= 4 is 11.3 Å². The number of thiophene rings is 1. The summed E-state index contributed by atoms with van der Waals surface area (Å²) in [6, 6.07) is 6.77. The van der Waals surface area contributed by atoms with E-state index in [0.717, 1.165) is 19.6 Å². The predicted octanol–water partition coefficient (Wildman–Crippen LogP) is 3.74. The van der Waals surface area contributed by atoms with Crippen molar-refractivity contribution in [2.24, 2.45) is 0 Å². The molecule has 1 aliphatic carbocycles. The second kappa shape index (κ2) is 5.93. The summed E-state index contributed by atoms with van der Waals surface area (Å²) in [4.78, 5) is 3.13. The van der Waals surface area contributed by atoms with E-state index < -0.39 is 0 Å². The molecule has 0 unspecified atom stereocenters. The minimum Gasteiger partial charge on any atom is -0.350 e. The second-order valence-electron chi connectivity index (χ2n) is 5.31. The van der Waals surface area contributed by atoms with Crippen LogP contribution in [0.4, 0.5) is 0 Å². The van der Waals surface area contributed by atoms with E-state index in [1.807, 2.05) is 11.3 Å². The lowest BCUT2D eigenvalue weighted by atomic mass is 10.2. The molecule has 2 heterocycles. The third-order valence-corrected chi connectivity index (χ3v) is 5.03. The smallest absolute Gasteiger partial charge is 0.0362 e. The van der Waals surface area contributed by atoms with Crippen LogP contribution >= 0.6 is 11.3 Å². The molecular formula is C16H22N2S. The molecule has 0 saturated carbocycles. The Morgan fingerprint density at radius 1 is 1.32 bits per heavy atom. The van der Waals surface area contributed by atoms with Crippen molar-refractivity contribution in [1.29, 1.82) is 0 Å². The molecule has 102 valence electrons. The van der Waals surface area contributed by atoms with Gasteiger partial charge in [0.25, 0.3) is 0 Å². The second-order valence-corrected chi connectivity index (χ2v) is 6.53. The summed E-state index contributed by atoms with van der Waals surface area (Å²) in [5.41, 5.74) is 3.00. The minimum absolute atomic E-state index is 0.968. The summed E-state index contributed by atoms with van der Waals surface area (Å²) in [6.07, 6.45) is 7.34. The Morgan fingerprint density at radius 2 is 2.26 bits per heavy atom. The van der Waals surface area contributed by atoms with E-state index in [1.54, 1.807) is 10.4 Å². The van der Waals surface area contributed by atoms with Crippen molar-refractivity contribution in [2.75, 3.05) is 0 Å². The number of nitrogens with one attached hydrogen (secondary N) is 1. The van der Waals surface area contributed by atoms with Crippen molar-refractivity contribution < 1.29 is 0 Å². The molecule has 1 N–H and O–H groups in total. The van der Waals surface area contributed by atoms with Crippen LogP contribution in [0.25, 0.3) is 0 Å². The van der Waals surface area contributed by atoms with Gasteiger partial charge in [0, 0.05) is 41.3 Å². The SMILES string of the molecule is CCCn1cccc1CNCc1cc2c(s1)CCC2. The first-order valence-electron chi connectivity index (χ1n) is 7.32. The van der Waals surface area contributed by atoms with Gasteiger partial charge in [0.15, 0.2) is 0 Å². The van der Waals surface area contributed by atoms with Gasteiger partial charge in [-0.1, -0.05) is 6.92 Å². The van der Waals surface area contributed by atoms with Gasteiger partial charge in [-0.05, 0) is 49.4 Å². The molecule has 0 bridgehead atoms. The zero-order chi connectivity index (χ0) is 13.1. The molecule has 3 heteroatoms. The number of nitrogens with zero attached hydrogens (tertiary/aromatic N) is 1. The van der Waals surface area contributed by atoms with Crippen LogP contribution in [0.2, 0.25) is 0 Å². The van der Waals surface area contributed by atoms with Gasteiger partial charge in [-0.15, -0.1) is 11.3 Å². The molecule has 0 fully saturated rings. The number of aryl methyl sites for hydroxylation is 3. The maximum Gasteiger partial charge on any atom is 0.0362 e. The van der Waals surface area contributed by atoms with Gasteiger partial charge in [-0.3, -0.25) is 0 Å². The van der Waals surface area contributed by atoms with Gasteiger partial charge in [0.2, 0.25) is 0 Å². The van der Waals surface area contributed by atoms with E-state index in [9.17, 15) is 0 Å². The van der Waals surface area contributed by atoms with Crippen LogP contribution in [0.5, 0.6) is 0 Å². The number of aromatic nitrogens is 1. The Labute approximate surface area is 119 Å². The third kappa shape index (κ3) is 2.93. The normalized spacial score (nSPS) is 13.9. The number of hydrogen-bond donors (Lipinski definition) is 1. The van der Waals surface area contributed by atoms with Gasteiger partial charge < -0.3 is 9.88 Å². The highest BCUT2D eigenvalue weighted by atomic mass is 32.1. The first kappa shape index (κ1) is 12.9. The van der Waals surface area contributed by atoms with Crippen LogP contribution in [-0.4, -0.2) is 4.57 Å². The quantitative estimate of drug-likeness (QED) is 0.849. The van der Waals surface area contributed by atoms with Gasteiger partial charge in [-0.2, -0.15) is 0 Å². The van der Waals surface area contributed by atoms with Crippen molar-refractivity contribution in [2.45, 2.75) is 52.2 Å². The summed E-state index contributed by atoms with van der Waals surface area (Å²) < 4.78 is 2.35. The van der Waals surface area contributed by atoms with Crippen LogP contribution in [-0.2, 0) is 32.5 Å². The lowest BCUT2D eigenvalue weighted by Crippen LogP contribution is -2.15. The summed E-state index contributed by atoms with van der Waals surface area (Å²) in [5.74, 6) is 0. The highest BCUT2D eigenvalue weighted by Crippen LogP contribution is 2.30. The van der Waals surface area contributed by atoms with E-state index >= 15 is 0 Å². The average molecular weight is 274 g/mol. The highest BCUT2D eigenvalue weighted by Gasteiger charge is 2.14. The van der Waals surface area contributed by atoms with E-state index in [4.69, 9.17) is 0 Å². The van der Waals surface area contributed by atoms with Crippen molar-refractivity contribution in [1.82, 2.24) is 9.88 Å². The third-order valence-electron chi connectivity index (χ3n) is 3.79. The van der Waals surface area contributed by atoms with E-state index in [0.29, 0.717) is 0 Å². The molecule has 0 amide bonds. The lowest BCUT2D eigenvalue weighted by Gasteiger charge is -2.08. The molecule has 2 nitrogen and oxygen atoms in total. The first-order chi connectivity index (χ1) is 9.36. The molecule has 2 aromatic rings. The summed E-state index contributed by atoms with van der Waals surface area (Å²) in [6.45, 7) is 5.33. The topological polar surface area (TPSA) is 17.0 Å². The summed E-state index contributed by atoms with van der Waals surface area (Å²) in [5, 5.41) is 3.58. The van der Waals surface area contributed by atoms with E-state index in [1.165, 1.54) is 36.3 Å². The summed E-state index contributed by atoms with van der Waals surface area (Å²) >= 11 is 2.00. The molecule has 0 aromatic carbocycles. The Bertz CT molecular complexity index is 517. The molecule has 0 radical (unpaired) electrons. The Morgan fingerprint density at radius 3 is 3.11 bits per heavy atom. The van der Waals surface area contributed by atoms with Crippen LogP contribution in [0.1, 0.15) is 40.8 Å². The van der Waals surface area contributed by atoms with Gasteiger partial charge in [0.1, 0.15) is 0 Å². The Hall–Kier alpha value is -1.06. The fourth-order valence-electron chi connectivity index (χ4n) is 2.86.